The molecule has 0 unspecified atom stereocenters. The maximum atomic E-state index is 12.6. The van der Waals surface area contributed by atoms with Crippen molar-refractivity contribution in [1.29, 1.82) is 0 Å². The van der Waals surface area contributed by atoms with Gasteiger partial charge in [0.25, 0.3) is 0 Å². The van der Waals surface area contributed by atoms with Crippen molar-refractivity contribution >= 4 is 11.6 Å². The Kier molecular flexibility index (Phi) is 4.17. The monoisotopic (exact) mass is 239 g/mol. The van der Waals surface area contributed by atoms with Crippen molar-refractivity contribution in [1.82, 2.24) is 9.88 Å². The quantitative estimate of drug-likeness (QED) is 0.846. The molecule has 1 aromatic heterocycles. The Morgan fingerprint density at radius 1 is 1.47 bits per heavy atom. The lowest BCUT2D eigenvalue weighted by Crippen LogP contribution is -2.48. The van der Waals surface area contributed by atoms with Gasteiger partial charge in [-0.3, -0.25) is 9.69 Å². The van der Waals surface area contributed by atoms with Crippen LogP contribution in [0.25, 0.3) is 0 Å². The minimum atomic E-state index is -0.535. The highest BCUT2D eigenvalue weighted by Gasteiger charge is 2.29. The summed E-state index contributed by atoms with van der Waals surface area (Å²) in [5, 5.41) is 2.88. The van der Waals surface area contributed by atoms with Crippen LogP contribution in [0.3, 0.4) is 0 Å². The van der Waals surface area contributed by atoms with Crippen LogP contribution >= 0.6 is 0 Å². The number of nitrogens with one attached hydrogen (secondary N) is 1. The van der Waals surface area contributed by atoms with Crippen LogP contribution in [0.1, 0.15) is 13.8 Å². The molecule has 0 aliphatic carbocycles. The second kappa shape index (κ2) is 5.23. The molecule has 0 aliphatic rings. The van der Waals surface area contributed by atoms with Crippen molar-refractivity contribution in [3.8, 4) is 0 Å². The lowest BCUT2D eigenvalue weighted by molar-refractivity contribution is -0.126. The molecule has 0 aliphatic heterocycles. The molecule has 5 heteroatoms. The highest BCUT2D eigenvalue weighted by Crippen LogP contribution is 2.12. The maximum absolute atomic E-state index is 12.6. The predicted molar refractivity (Wildman–Crippen MR) is 65.5 cm³/mol. The van der Waals surface area contributed by atoms with Crippen LogP contribution < -0.4 is 5.32 Å². The van der Waals surface area contributed by atoms with E-state index in [0.29, 0.717) is 5.82 Å². The van der Waals surface area contributed by atoms with Gasteiger partial charge in [-0.2, -0.15) is 0 Å². The van der Waals surface area contributed by atoms with Gasteiger partial charge in [0.15, 0.2) is 5.78 Å². The standard InChI is InChI=1S/C12H18FN3O/c1-12(2,16(3)4)10(17)8-15-11-6-5-9(13)7-14-11/h5-7H,8H2,1-4H3,(H,14,15). The fourth-order valence-corrected chi connectivity index (χ4v) is 1.12. The van der Waals surface area contributed by atoms with Crippen LogP contribution in [0.4, 0.5) is 10.2 Å². The number of carbonyl (C=O) groups is 1. The summed E-state index contributed by atoms with van der Waals surface area (Å²) < 4.78 is 12.6. The van der Waals surface area contributed by atoms with Crippen molar-refractivity contribution < 1.29 is 9.18 Å². The molecule has 0 bridgehead atoms. The van der Waals surface area contributed by atoms with Gasteiger partial charge in [0, 0.05) is 0 Å². The molecule has 0 atom stereocenters. The number of Topliss-reactive ketones (excluding diaryl/α,β-unsaturated/α-hetero) is 1. The van der Waals surface area contributed by atoms with Gasteiger partial charge >= 0.3 is 0 Å². The molecule has 0 aromatic carbocycles. The Bertz CT molecular complexity index is 387. The van der Waals surface area contributed by atoms with E-state index in [1.807, 2.05) is 32.8 Å². The molecule has 0 amide bonds. The molecule has 1 heterocycles. The van der Waals surface area contributed by atoms with Crippen LogP contribution in [-0.2, 0) is 4.79 Å². The van der Waals surface area contributed by atoms with Gasteiger partial charge < -0.3 is 5.32 Å². The SMILES string of the molecule is CN(C)C(C)(C)C(=O)CNc1ccc(F)cn1. The molecule has 17 heavy (non-hydrogen) atoms. The first-order chi connectivity index (χ1) is 7.84. The first kappa shape index (κ1) is 13.6. The van der Waals surface area contributed by atoms with Crippen molar-refractivity contribution in [2.45, 2.75) is 19.4 Å². The average molecular weight is 239 g/mol. The van der Waals surface area contributed by atoms with Crippen molar-refractivity contribution in [3.63, 3.8) is 0 Å². The van der Waals surface area contributed by atoms with E-state index < -0.39 is 11.4 Å². The molecule has 0 spiro atoms. The third kappa shape index (κ3) is 3.49. The molecular formula is C12H18FN3O. The number of anilines is 1. The minimum Gasteiger partial charge on any atom is -0.363 e. The fourth-order valence-electron chi connectivity index (χ4n) is 1.12. The summed E-state index contributed by atoms with van der Waals surface area (Å²) in [6.07, 6.45) is 1.11. The van der Waals surface area contributed by atoms with E-state index in [1.165, 1.54) is 12.1 Å². The second-order valence-corrected chi connectivity index (χ2v) is 4.59. The molecule has 0 saturated carbocycles. The lowest BCUT2D eigenvalue weighted by Gasteiger charge is -2.30. The largest absolute Gasteiger partial charge is 0.363 e. The molecule has 1 aromatic rings. The van der Waals surface area contributed by atoms with Gasteiger partial charge in [-0.25, -0.2) is 9.37 Å². The number of hydrogen-bond donors (Lipinski definition) is 1. The van der Waals surface area contributed by atoms with E-state index in [2.05, 4.69) is 10.3 Å². The number of rotatable bonds is 5. The number of nitrogens with zero attached hydrogens (tertiary/aromatic N) is 2. The first-order valence-corrected chi connectivity index (χ1v) is 5.40. The summed E-state index contributed by atoms with van der Waals surface area (Å²) in [7, 11) is 3.71. The van der Waals surface area contributed by atoms with Crippen molar-refractivity contribution in [3.05, 3.63) is 24.1 Å². The zero-order valence-corrected chi connectivity index (χ0v) is 10.6. The lowest BCUT2D eigenvalue weighted by atomic mass is 9.98. The number of pyridine rings is 1. The molecule has 94 valence electrons. The van der Waals surface area contributed by atoms with Crippen LogP contribution in [0.2, 0.25) is 0 Å². The number of hydrogen-bond acceptors (Lipinski definition) is 4. The minimum absolute atomic E-state index is 0.0497. The van der Waals surface area contributed by atoms with Crippen LogP contribution in [0, 0.1) is 5.82 Å². The Hall–Kier alpha value is -1.49. The number of likely N-dealkylation sites (N-methyl/N-ethyl adjacent to an activating group) is 1. The Morgan fingerprint density at radius 3 is 2.59 bits per heavy atom. The molecule has 1 N–H and O–H groups in total. The molecule has 4 nitrogen and oxygen atoms in total. The summed E-state index contributed by atoms with van der Waals surface area (Å²) >= 11 is 0. The van der Waals surface area contributed by atoms with E-state index in [0.717, 1.165) is 6.20 Å². The Balaban J connectivity index is 2.57. The topological polar surface area (TPSA) is 45.2 Å². The fraction of sp³-hybridized carbons (Fsp3) is 0.500. The van der Waals surface area contributed by atoms with Gasteiger partial charge in [0.2, 0.25) is 0 Å². The highest BCUT2D eigenvalue weighted by molar-refractivity contribution is 5.90. The third-order valence-corrected chi connectivity index (χ3v) is 2.96. The van der Waals surface area contributed by atoms with Gasteiger partial charge in [0.1, 0.15) is 11.6 Å². The highest BCUT2D eigenvalue weighted by atomic mass is 19.1. The number of aromatic nitrogens is 1. The number of carbonyl (C=O) groups excluding carboxylic acids is 1. The second-order valence-electron chi connectivity index (χ2n) is 4.59. The van der Waals surface area contributed by atoms with E-state index in [9.17, 15) is 9.18 Å². The summed E-state index contributed by atoms with van der Waals surface area (Å²) in [6, 6.07) is 2.81. The summed E-state index contributed by atoms with van der Waals surface area (Å²) in [5.41, 5.74) is -0.535. The molecule has 0 radical (unpaired) electrons. The van der Waals surface area contributed by atoms with E-state index in [4.69, 9.17) is 0 Å². The van der Waals surface area contributed by atoms with Crippen LogP contribution in [0.15, 0.2) is 18.3 Å². The first-order valence-electron chi connectivity index (χ1n) is 5.40. The van der Waals surface area contributed by atoms with Crippen molar-refractivity contribution in [2.24, 2.45) is 0 Å². The van der Waals surface area contributed by atoms with Gasteiger partial charge in [-0.05, 0) is 40.1 Å². The van der Waals surface area contributed by atoms with Crippen molar-refractivity contribution in [2.75, 3.05) is 26.0 Å². The normalized spacial score (nSPS) is 11.6. The number of ketones is 1. The third-order valence-electron chi connectivity index (χ3n) is 2.96. The predicted octanol–water partition coefficient (Wildman–Crippen LogP) is 1.54. The van der Waals surface area contributed by atoms with E-state index in [1.54, 1.807) is 0 Å². The molecule has 0 fully saturated rings. The summed E-state index contributed by atoms with van der Waals surface area (Å²) in [5.74, 6) is 0.151. The van der Waals surface area contributed by atoms with Gasteiger partial charge in [-0.15, -0.1) is 0 Å². The molecular weight excluding hydrogens is 221 g/mol. The zero-order valence-electron chi connectivity index (χ0n) is 10.6. The summed E-state index contributed by atoms with van der Waals surface area (Å²) in [6.45, 7) is 3.88. The van der Waals surface area contributed by atoms with Gasteiger partial charge in [-0.1, -0.05) is 0 Å². The smallest absolute Gasteiger partial charge is 0.171 e. The zero-order chi connectivity index (χ0) is 13.1. The molecule has 1 rings (SSSR count). The van der Waals surface area contributed by atoms with E-state index >= 15 is 0 Å². The van der Waals surface area contributed by atoms with Gasteiger partial charge in [0.05, 0.1) is 18.3 Å². The summed E-state index contributed by atoms with van der Waals surface area (Å²) in [4.78, 5) is 17.6. The average Bonchev–Trinajstić information content (AvgIpc) is 2.27. The van der Waals surface area contributed by atoms with E-state index in [-0.39, 0.29) is 12.3 Å². The number of halogens is 1. The Labute approximate surface area is 101 Å². The van der Waals surface area contributed by atoms with Crippen LogP contribution in [-0.4, -0.2) is 41.8 Å². The van der Waals surface area contributed by atoms with Crippen LogP contribution in [0.5, 0.6) is 0 Å². The maximum Gasteiger partial charge on any atom is 0.171 e. The molecule has 0 saturated heterocycles. The Morgan fingerprint density at radius 2 is 2.12 bits per heavy atom.